The first-order chi connectivity index (χ1) is 14.1. The van der Waals surface area contributed by atoms with E-state index in [0.717, 1.165) is 0 Å². The Balaban J connectivity index is 1.77. The quantitative estimate of drug-likeness (QED) is 0.608. The predicted octanol–water partition coefficient (Wildman–Crippen LogP) is 4.30. The molecule has 3 rings (SSSR count). The van der Waals surface area contributed by atoms with Crippen molar-refractivity contribution in [3.8, 4) is 5.75 Å². The summed E-state index contributed by atoms with van der Waals surface area (Å²) in [7, 11) is 1.52. The van der Waals surface area contributed by atoms with Gasteiger partial charge in [0.25, 0.3) is 5.91 Å². The Morgan fingerprint density at radius 2 is 1.59 bits per heavy atom. The third kappa shape index (κ3) is 5.42. The van der Waals surface area contributed by atoms with Gasteiger partial charge in [-0.25, -0.2) is 4.39 Å². The van der Waals surface area contributed by atoms with E-state index in [1.165, 1.54) is 31.4 Å². The average Bonchev–Trinajstić information content (AvgIpc) is 2.74. The van der Waals surface area contributed by atoms with E-state index in [4.69, 9.17) is 9.47 Å². The van der Waals surface area contributed by atoms with Crippen LogP contribution in [0.3, 0.4) is 0 Å². The topological polar surface area (TPSA) is 64.6 Å². The highest BCUT2D eigenvalue weighted by atomic mass is 19.1. The molecule has 1 atom stereocenters. The van der Waals surface area contributed by atoms with Crippen molar-refractivity contribution in [2.75, 3.05) is 12.4 Å². The first-order valence-electron chi connectivity index (χ1n) is 8.99. The van der Waals surface area contributed by atoms with E-state index in [0.29, 0.717) is 22.6 Å². The fourth-order valence-corrected chi connectivity index (χ4v) is 2.82. The van der Waals surface area contributed by atoms with Gasteiger partial charge in [0.15, 0.2) is 0 Å². The molecule has 0 radical (unpaired) electrons. The first kappa shape index (κ1) is 20.1. The lowest BCUT2D eigenvalue weighted by Gasteiger charge is -2.18. The van der Waals surface area contributed by atoms with Crippen LogP contribution in [0.1, 0.15) is 17.2 Å². The Morgan fingerprint density at radius 3 is 2.28 bits per heavy atom. The number of carbonyl (C=O) groups is 2. The minimum atomic E-state index is -1.15. The van der Waals surface area contributed by atoms with Crippen molar-refractivity contribution in [2.45, 2.75) is 12.5 Å². The number of para-hydroxylation sites is 1. The molecular weight excluding hydrogens is 373 g/mol. The molecule has 3 aromatic carbocycles. The highest BCUT2D eigenvalue weighted by Gasteiger charge is 2.25. The predicted molar refractivity (Wildman–Crippen MR) is 107 cm³/mol. The Hall–Kier alpha value is -3.67. The van der Waals surface area contributed by atoms with Crippen LogP contribution >= 0.6 is 0 Å². The Morgan fingerprint density at radius 1 is 0.931 bits per heavy atom. The van der Waals surface area contributed by atoms with Crippen LogP contribution in [0.25, 0.3) is 0 Å². The number of esters is 1. The number of nitrogens with one attached hydrogen (secondary N) is 1. The lowest BCUT2D eigenvalue weighted by atomic mass is 10.1. The number of methoxy groups -OCH3 is 1. The van der Waals surface area contributed by atoms with Crippen molar-refractivity contribution in [2.24, 2.45) is 0 Å². The fourth-order valence-electron chi connectivity index (χ4n) is 2.82. The van der Waals surface area contributed by atoms with Gasteiger partial charge < -0.3 is 14.8 Å². The molecule has 6 heteroatoms. The van der Waals surface area contributed by atoms with Gasteiger partial charge in [-0.1, -0.05) is 48.5 Å². The standard InChI is InChI=1S/C23H20FNO4/c1-28-20-10-6-5-9-17(20)15-21(26)29-22(16-7-3-2-4-8-16)23(27)25-19-13-11-18(24)12-14-19/h2-14,22H,15H2,1H3,(H,25,27). The van der Waals surface area contributed by atoms with E-state index in [-0.39, 0.29) is 6.42 Å². The van der Waals surface area contributed by atoms with E-state index in [1.54, 1.807) is 54.6 Å². The zero-order valence-electron chi connectivity index (χ0n) is 15.8. The number of hydrogen-bond donors (Lipinski definition) is 1. The Labute approximate surface area is 168 Å². The maximum atomic E-state index is 13.1. The van der Waals surface area contributed by atoms with Gasteiger partial charge in [-0.3, -0.25) is 9.59 Å². The van der Waals surface area contributed by atoms with Crippen LogP contribution in [0.2, 0.25) is 0 Å². The highest BCUT2D eigenvalue weighted by Crippen LogP contribution is 2.23. The largest absolute Gasteiger partial charge is 0.496 e. The Bertz CT molecular complexity index is 974. The average molecular weight is 393 g/mol. The maximum Gasteiger partial charge on any atom is 0.311 e. The van der Waals surface area contributed by atoms with E-state index in [2.05, 4.69) is 5.32 Å². The summed E-state index contributed by atoms with van der Waals surface area (Å²) >= 11 is 0. The summed E-state index contributed by atoms with van der Waals surface area (Å²) in [4.78, 5) is 25.4. The molecule has 1 amide bonds. The van der Waals surface area contributed by atoms with Crippen LogP contribution in [0.5, 0.6) is 5.75 Å². The molecule has 0 bridgehead atoms. The molecule has 0 aromatic heterocycles. The minimum absolute atomic E-state index is 0.0445. The van der Waals surface area contributed by atoms with Crippen molar-refractivity contribution in [1.82, 2.24) is 0 Å². The number of amides is 1. The summed E-state index contributed by atoms with van der Waals surface area (Å²) in [6.45, 7) is 0. The molecule has 0 aliphatic rings. The summed E-state index contributed by atoms with van der Waals surface area (Å²) in [6.07, 6.45) is -1.19. The SMILES string of the molecule is COc1ccccc1CC(=O)OC(C(=O)Nc1ccc(F)cc1)c1ccccc1. The zero-order valence-corrected chi connectivity index (χ0v) is 15.8. The molecule has 148 valence electrons. The van der Waals surface area contributed by atoms with Crippen LogP contribution in [0, 0.1) is 5.82 Å². The van der Waals surface area contributed by atoms with E-state index in [1.807, 2.05) is 0 Å². The number of halogens is 1. The van der Waals surface area contributed by atoms with Crippen molar-refractivity contribution >= 4 is 17.6 Å². The molecule has 0 aliphatic carbocycles. The lowest BCUT2D eigenvalue weighted by Crippen LogP contribution is -2.26. The van der Waals surface area contributed by atoms with Gasteiger partial charge >= 0.3 is 5.97 Å². The monoisotopic (exact) mass is 393 g/mol. The Kier molecular flexibility index (Phi) is 6.58. The highest BCUT2D eigenvalue weighted by molar-refractivity contribution is 5.96. The van der Waals surface area contributed by atoms with Gasteiger partial charge in [-0.05, 0) is 30.3 Å². The van der Waals surface area contributed by atoms with E-state index in [9.17, 15) is 14.0 Å². The van der Waals surface area contributed by atoms with Crippen molar-refractivity contribution in [1.29, 1.82) is 0 Å². The third-order valence-corrected chi connectivity index (χ3v) is 4.23. The molecule has 0 aliphatic heterocycles. The summed E-state index contributed by atoms with van der Waals surface area (Å²) < 4.78 is 23.9. The van der Waals surface area contributed by atoms with Crippen molar-refractivity contribution in [3.63, 3.8) is 0 Å². The molecular formula is C23H20FNO4. The van der Waals surface area contributed by atoms with Gasteiger partial charge in [-0.2, -0.15) is 0 Å². The molecule has 1 unspecified atom stereocenters. The van der Waals surface area contributed by atoms with Gasteiger partial charge in [-0.15, -0.1) is 0 Å². The number of carbonyl (C=O) groups excluding carboxylic acids is 2. The van der Waals surface area contributed by atoms with Crippen LogP contribution in [-0.4, -0.2) is 19.0 Å². The van der Waals surface area contributed by atoms with Crippen molar-refractivity contribution in [3.05, 3.63) is 95.8 Å². The maximum absolute atomic E-state index is 13.1. The summed E-state index contributed by atoms with van der Waals surface area (Å²) in [5.74, 6) is -0.948. The van der Waals surface area contributed by atoms with Crippen LogP contribution in [-0.2, 0) is 20.7 Å². The molecule has 0 heterocycles. The summed E-state index contributed by atoms with van der Waals surface area (Å²) in [6, 6.07) is 21.2. The number of rotatable bonds is 7. The number of ether oxygens (including phenoxy) is 2. The van der Waals surface area contributed by atoms with Crippen LogP contribution < -0.4 is 10.1 Å². The fraction of sp³-hybridized carbons (Fsp3) is 0.130. The first-order valence-corrected chi connectivity index (χ1v) is 8.99. The smallest absolute Gasteiger partial charge is 0.311 e. The number of hydrogen-bond acceptors (Lipinski definition) is 4. The second-order valence-corrected chi connectivity index (χ2v) is 6.27. The molecule has 1 N–H and O–H groups in total. The molecule has 29 heavy (non-hydrogen) atoms. The van der Waals surface area contributed by atoms with E-state index < -0.39 is 23.8 Å². The minimum Gasteiger partial charge on any atom is -0.496 e. The van der Waals surface area contributed by atoms with Gasteiger partial charge in [0, 0.05) is 16.8 Å². The third-order valence-electron chi connectivity index (χ3n) is 4.23. The normalized spacial score (nSPS) is 11.4. The van der Waals surface area contributed by atoms with Crippen molar-refractivity contribution < 1.29 is 23.5 Å². The zero-order chi connectivity index (χ0) is 20.6. The number of anilines is 1. The summed E-state index contributed by atoms with van der Waals surface area (Å²) in [5.41, 5.74) is 1.59. The molecule has 3 aromatic rings. The summed E-state index contributed by atoms with van der Waals surface area (Å²) in [5, 5.41) is 2.65. The molecule has 0 fully saturated rings. The van der Waals surface area contributed by atoms with Gasteiger partial charge in [0.1, 0.15) is 11.6 Å². The molecule has 0 saturated carbocycles. The molecule has 0 saturated heterocycles. The molecule has 5 nitrogen and oxygen atoms in total. The second-order valence-electron chi connectivity index (χ2n) is 6.27. The molecule has 0 spiro atoms. The van der Waals surface area contributed by atoms with Gasteiger partial charge in [0.05, 0.1) is 13.5 Å². The van der Waals surface area contributed by atoms with Crippen LogP contribution in [0.15, 0.2) is 78.9 Å². The van der Waals surface area contributed by atoms with E-state index >= 15 is 0 Å². The lowest BCUT2D eigenvalue weighted by molar-refractivity contribution is -0.154. The number of benzene rings is 3. The van der Waals surface area contributed by atoms with Gasteiger partial charge in [0.2, 0.25) is 6.10 Å². The van der Waals surface area contributed by atoms with Crippen LogP contribution in [0.4, 0.5) is 10.1 Å². The second kappa shape index (κ2) is 9.50.